The van der Waals surface area contributed by atoms with Crippen LogP contribution < -0.4 is 10.1 Å². The number of benzene rings is 1. The Balaban J connectivity index is 2.95. The third-order valence-electron chi connectivity index (χ3n) is 3.18. The summed E-state index contributed by atoms with van der Waals surface area (Å²) in [6.07, 6.45) is 0.605. The molecular formula is C16H25Cl2NO2. The molecule has 5 heteroatoms. The predicted molar refractivity (Wildman–Crippen MR) is 89.5 cm³/mol. The first kappa shape index (κ1) is 18.6. The van der Waals surface area contributed by atoms with Gasteiger partial charge in [-0.2, -0.15) is 0 Å². The second-order valence-electron chi connectivity index (χ2n) is 6.62. The standard InChI is InChI=1S/C16H25Cl2NO2/c1-6-16(5,20)10-21-14-11(9-19-15(2,3)4)7-12(17)8-13(14)18/h7-8,19-20H,6,9-10H2,1-5H3. The fraction of sp³-hybridized carbons (Fsp3) is 0.625. The molecule has 0 saturated heterocycles. The molecule has 0 aliphatic carbocycles. The van der Waals surface area contributed by atoms with Crippen molar-refractivity contribution < 1.29 is 9.84 Å². The van der Waals surface area contributed by atoms with Crippen molar-refractivity contribution in [3.8, 4) is 5.75 Å². The van der Waals surface area contributed by atoms with Crippen LogP contribution in [0, 0.1) is 0 Å². The molecule has 21 heavy (non-hydrogen) atoms. The zero-order valence-electron chi connectivity index (χ0n) is 13.4. The number of hydrogen-bond acceptors (Lipinski definition) is 3. The molecule has 3 nitrogen and oxygen atoms in total. The fourth-order valence-corrected chi connectivity index (χ4v) is 2.19. The Labute approximate surface area is 137 Å². The molecule has 0 bridgehead atoms. The fourth-order valence-electron chi connectivity index (χ4n) is 1.60. The van der Waals surface area contributed by atoms with E-state index in [0.717, 1.165) is 5.56 Å². The van der Waals surface area contributed by atoms with Gasteiger partial charge in [0.25, 0.3) is 0 Å². The quantitative estimate of drug-likeness (QED) is 0.809. The van der Waals surface area contributed by atoms with E-state index in [9.17, 15) is 5.11 Å². The van der Waals surface area contributed by atoms with Crippen molar-refractivity contribution in [1.82, 2.24) is 5.32 Å². The molecule has 0 aliphatic heterocycles. The Bertz CT molecular complexity index is 482. The lowest BCUT2D eigenvalue weighted by Crippen LogP contribution is -2.35. The number of nitrogens with one attached hydrogen (secondary N) is 1. The highest BCUT2D eigenvalue weighted by Crippen LogP contribution is 2.33. The van der Waals surface area contributed by atoms with Crippen LogP contribution in [0.2, 0.25) is 10.0 Å². The molecule has 1 rings (SSSR count). The van der Waals surface area contributed by atoms with Crippen molar-refractivity contribution in [3.05, 3.63) is 27.7 Å². The maximum absolute atomic E-state index is 10.1. The van der Waals surface area contributed by atoms with Gasteiger partial charge in [-0.25, -0.2) is 0 Å². The van der Waals surface area contributed by atoms with Crippen molar-refractivity contribution in [1.29, 1.82) is 0 Å². The minimum Gasteiger partial charge on any atom is -0.489 e. The molecule has 1 aromatic carbocycles. The number of halogens is 2. The van der Waals surface area contributed by atoms with Crippen LogP contribution in [0.25, 0.3) is 0 Å². The number of hydrogen-bond donors (Lipinski definition) is 2. The van der Waals surface area contributed by atoms with Gasteiger partial charge in [0.15, 0.2) is 0 Å². The average molecular weight is 334 g/mol. The molecule has 0 spiro atoms. The molecular weight excluding hydrogens is 309 g/mol. The van der Waals surface area contributed by atoms with Crippen LogP contribution in [0.4, 0.5) is 0 Å². The zero-order valence-corrected chi connectivity index (χ0v) is 14.9. The molecule has 0 heterocycles. The van der Waals surface area contributed by atoms with Crippen LogP contribution in [-0.4, -0.2) is 22.9 Å². The van der Waals surface area contributed by atoms with E-state index in [2.05, 4.69) is 26.1 Å². The second-order valence-corrected chi connectivity index (χ2v) is 7.46. The monoisotopic (exact) mass is 333 g/mol. The molecule has 0 saturated carbocycles. The molecule has 0 radical (unpaired) electrons. The Kier molecular flexibility index (Phi) is 6.36. The Hall–Kier alpha value is -0.480. The van der Waals surface area contributed by atoms with Crippen molar-refractivity contribution >= 4 is 23.2 Å². The van der Waals surface area contributed by atoms with E-state index in [0.29, 0.717) is 28.8 Å². The van der Waals surface area contributed by atoms with Gasteiger partial charge in [-0.05, 0) is 46.2 Å². The maximum atomic E-state index is 10.1. The van der Waals surface area contributed by atoms with Gasteiger partial charge in [0.05, 0.1) is 10.6 Å². The first-order chi connectivity index (χ1) is 9.54. The SMILES string of the molecule is CCC(C)(O)COc1c(Cl)cc(Cl)cc1CNC(C)(C)C. The molecule has 1 atom stereocenters. The zero-order chi connectivity index (χ0) is 16.3. The van der Waals surface area contributed by atoms with Crippen molar-refractivity contribution in [2.45, 2.75) is 58.7 Å². The van der Waals surface area contributed by atoms with Gasteiger partial charge in [0.2, 0.25) is 0 Å². The largest absolute Gasteiger partial charge is 0.489 e. The maximum Gasteiger partial charge on any atom is 0.142 e. The number of aliphatic hydroxyl groups is 1. The summed E-state index contributed by atoms with van der Waals surface area (Å²) in [5.41, 5.74) is -0.0205. The summed E-state index contributed by atoms with van der Waals surface area (Å²) < 4.78 is 5.76. The van der Waals surface area contributed by atoms with Crippen LogP contribution in [0.1, 0.15) is 46.6 Å². The number of rotatable bonds is 6. The van der Waals surface area contributed by atoms with Crippen LogP contribution in [-0.2, 0) is 6.54 Å². The van der Waals surface area contributed by atoms with Crippen LogP contribution in [0.5, 0.6) is 5.75 Å². The highest BCUT2D eigenvalue weighted by atomic mass is 35.5. The van der Waals surface area contributed by atoms with Crippen molar-refractivity contribution in [3.63, 3.8) is 0 Å². The summed E-state index contributed by atoms with van der Waals surface area (Å²) in [5, 5.41) is 14.5. The van der Waals surface area contributed by atoms with E-state index in [1.807, 2.05) is 13.0 Å². The lowest BCUT2D eigenvalue weighted by Gasteiger charge is -2.25. The van der Waals surface area contributed by atoms with E-state index in [-0.39, 0.29) is 12.1 Å². The van der Waals surface area contributed by atoms with E-state index in [1.54, 1.807) is 13.0 Å². The topological polar surface area (TPSA) is 41.5 Å². The van der Waals surface area contributed by atoms with Crippen molar-refractivity contribution in [2.75, 3.05) is 6.61 Å². The molecule has 1 unspecified atom stereocenters. The van der Waals surface area contributed by atoms with Gasteiger partial charge in [0.1, 0.15) is 12.4 Å². The van der Waals surface area contributed by atoms with Gasteiger partial charge in [-0.3, -0.25) is 0 Å². The molecule has 0 fully saturated rings. The average Bonchev–Trinajstić information content (AvgIpc) is 2.34. The van der Waals surface area contributed by atoms with Gasteiger partial charge >= 0.3 is 0 Å². The lowest BCUT2D eigenvalue weighted by atomic mass is 10.1. The lowest BCUT2D eigenvalue weighted by molar-refractivity contribution is 0.00817. The third-order valence-corrected chi connectivity index (χ3v) is 3.68. The summed E-state index contributed by atoms with van der Waals surface area (Å²) >= 11 is 12.3. The predicted octanol–water partition coefficient (Wildman–Crippen LogP) is 4.42. The van der Waals surface area contributed by atoms with Crippen molar-refractivity contribution in [2.24, 2.45) is 0 Å². The first-order valence-corrected chi connectivity index (χ1v) is 7.88. The molecule has 2 N–H and O–H groups in total. The Morgan fingerprint density at radius 1 is 1.19 bits per heavy atom. The van der Waals surface area contributed by atoms with E-state index < -0.39 is 5.60 Å². The minimum atomic E-state index is -0.877. The smallest absolute Gasteiger partial charge is 0.142 e. The first-order valence-electron chi connectivity index (χ1n) is 7.12. The second kappa shape index (κ2) is 7.19. The summed E-state index contributed by atoms with van der Waals surface area (Å²) in [4.78, 5) is 0. The highest BCUT2D eigenvalue weighted by Gasteiger charge is 2.21. The molecule has 1 aromatic rings. The molecule has 0 aliphatic rings. The molecule has 120 valence electrons. The van der Waals surface area contributed by atoms with Gasteiger partial charge in [0, 0.05) is 22.7 Å². The molecule has 0 amide bonds. The summed E-state index contributed by atoms with van der Waals surface area (Å²) in [5.74, 6) is 0.576. The van der Waals surface area contributed by atoms with E-state index in [1.165, 1.54) is 0 Å². The Morgan fingerprint density at radius 3 is 2.33 bits per heavy atom. The third kappa shape index (κ3) is 6.43. The molecule has 0 aromatic heterocycles. The minimum absolute atomic E-state index is 0.0268. The van der Waals surface area contributed by atoms with Crippen LogP contribution in [0.15, 0.2) is 12.1 Å². The number of ether oxygens (including phenoxy) is 1. The van der Waals surface area contributed by atoms with Gasteiger partial charge in [-0.15, -0.1) is 0 Å². The van der Waals surface area contributed by atoms with Crippen LogP contribution in [0.3, 0.4) is 0 Å². The summed E-state index contributed by atoms with van der Waals surface area (Å²) in [7, 11) is 0. The van der Waals surface area contributed by atoms with E-state index in [4.69, 9.17) is 27.9 Å². The van der Waals surface area contributed by atoms with Gasteiger partial charge < -0.3 is 15.2 Å². The van der Waals surface area contributed by atoms with E-state index >= 15 is 0 Å². The summed E-state index contributed by atoms with van der Waals surface area (Å²) in [6.45, 7) is 10.7. The highest BCUT2D eigenvalue weighted by molar-refractivity contribution is 6.35. The Morgan fingerprint density at radius 2 is 1.81 bits per heavy atom. The summed E-state index contributed by atoms with van der Waals surface area (Å²) in [6, 6.07) is 3.49. The van der Waals surface area contributed by atoms with Gasteiger partial charge in [-0.1, -0.05) is 30.1 Å². The normalized spacial score (nSPS) is 14.9. The van der Waals surface area contributed by atoms with Crippen LogP contribution >= 0.6 is 23.2 Å².